The van der Waals surface area contributed by atoms with E-state index in [1.54, 1.807) is 28.1 Å². The number of hydrogen-bond acceptors (Lipinski definition) is 3. The lowest BCUT2D eigenvalue weighted by atomic mass is 9.47. The summed E-state index contributed by atoms with van der Waals surface area (Å²) >= 11 is 0. The molecule has 0 saturated heterocycles. The van der Waals surface area contributed by atoms with Crippen LogP contribution in [0.25, 0.3) is 5.70 Å². The third kappa shape index (κ3) is 3.96. The Hall–Kier alpha value is -2.84. The standard InChI is InChI=1S/C28H34F3N5O/c1-26-9-7-19(34-25(37)35-13-11-32-12-14-35)15-18(26)3-4-20-21-5-6-24(27(21,2)10-8-22(20)26)36-16-23(33-17-36)28(29,30)31/h3,6,11-13,16-17,19-22H,4-5,7-10,14-15H2,1-2H3,(H,34,37)/t19-,20?,21?,22?,26-,27-/m0/s1. The maximum Gasteiger partial charge on any atom is 0.434 e. The van der Waals surface area contributed by atoms with Gasteiger partial charge in [0, 0.05) is 42.0 Å². The Morgan fingerprint density at radius 3 is 2.65 bits per heavy atom. The van der Waals surface area contributed by atoms with Gasteiger partial charge in [-0.05, 0) is 68.1 Å². The molecule has 5 aliphatic rings. The normalized spacial score (nSPS) is 36.8. The molecule has 37 heavy (non-hydrogen) atoms. The predicted octanol–water partition coefficient (Wildman–Crippen LogP) is 6.25. The molecule has 1 N–H and O–H groups in total. The number of halogens is 3. The highest BCUT2D eigenvalue weighted by Crippen LogP contribution is 2.65. The Morgan fingerprint density at radius 2 is 1.92 bits per heavy atom. The molecule has 6 atom stereocenters. The van der Waals surface area contributed by atoms with E-state index >= 15 is 0 Å². The molecule has 0 spiro atoms. The van der Waals surface area contributed by atoms with E-state index in [1.807, 2.05) is 0 Å². The smallest absolute Gasteiger partial charge is 0.335 e. The summed E-state index contributed by atoms with van der Waals surface area (Å²) in [7, 11) is 0. The minimum Gasteiger partial charge on any atom is -0.335 e. The lowest BCUT2D eigenvalue weighted by Crippen LogP contribution is -2.52. The van der Waals surface area contributed by atoms with Crippen LogP contribution in [0.5, 0.6) is 0 Å². The number of nitrogens with zero attached hydrogens (tertiary/aromatic N) is 4. The number of carbonyl (C=O) groups is 1. The Bertz CT molecular complexity index is 1210. The number of alkyl halides is 3. The summed E-state index contributed by atoms with van der Waals surface area (Å²) in [6, 6.07) is 0.0600. The fraction of sp³-hybridized carbons (Fsp3) is 0.607. The minimum absolute atomic E-state index is 0.0727. The van der Waals surface area contributed by atoms with Gasteiger partial charge in [-0.25, -0.2) is 9.78 Å². The molecule has 0 bridgehead atoms. The second-order valence-electron chi connectivity index (χ2n) is 11.9. The molecule has 1 aromatic rings. The minimum atomic E-state index is -4.43. The Balaban J connectivity index is 1.17. The van der Waals surface area contributed by atoms with Gasteiger partial charge in [0.2, 0.25) is 0 Å². The third-order valence-electron chi connectivity index (χ3n) is 10.1. The molecule has 2 amide bonds. The van der Waals surface area contributed by atoms with Gasteiger partial charge in [0.25, 0.3) is 0 Å². The maximum absolute atomic E-state index is 13.2. The van der Waals surface area contributed by atoms with Gasteiger partial charge in [-0.1, -0.05) is 31.6 Å². The monoisotopic (exact) mass is 513 g/mol. The summed E-state index contributed by atoms with van der Waals surface area (Å²) in [6.07, 6.45) is 14.5. The molecule has 198 valence electrons. The number of fused-ring (bicyclic) bond motifs is 5. The van der Waals surface area contributed by atoms with Crippen molar-refractivity contribution in [3.8, 4) is 0 Å². The molecule has 0 aromatic carbocycles. The summed E-state index contributed by atoms with van der Waals surface area (Å²) < 4.78 is 41.2. The maximum atomic E-state index is 13.2. The molecular formula is C28H34F3N5O. The summed E-state index contributed by atoms with van der Waals surface area (Å²) in [4.78, 5) is 22.0. The molecule has 1 aromatic heterocycles. The number of aliphatic imine (C=N–C) groups is 1. The van der Waals surface area contributed by atoms with Crippen LogP contribution in [-0.2, 0) is 6.18 Å². The number of nitrogens with one attached hydrogen (secondary N) is 1. The van der Waals surface area contributed by atoms with Gasteiger partial charge in [0.15, 0.2) is 5.69 Å². The fourth-order valence-corrected chi connectivity index (χ4v) is 8.11. The largest absolute Gasteiger partial charge is 0.434 e. The first-order valence-electron chi connectivity index (χ1n) is 13.4. The molecule has 9 heteroatoms. The molecule has 1 aliphatic heterocycles. The molecule has 6 nitrogen and oxygen atoms in total. The van der Waals surface area contributed by atoms with Gasteiger partial charge in [-0.15, -0.1) is 0 Å². The summed E-state index contributed by atoms with van der Waals surface area (Å²) in [6.45, 7) is 5.15. The van der Waals surface area contributed by atoms with Crippen LogP contribution in [0.4, 0.5) is 18.0 Å². The van der Waals surface area contributed by atoms with Crippen LogP contribution < -0.4 is 5.32 Å². The molecule has 3 unspecified atom stereocenters. The molecule has 2 heterocycles. The van der Waals surface area contributed by atoms with Crippen LogP contribution >= 0.6 is 0 Å². The van der Waals surface area contributed by atoms with Crippen molar-refractivity contribution in [2.45, 2.75) is 71.0 Å². The van der Waals surface area contributed by atoms with Crippen molar-refractivity contribution in [2.24, 2.45) is 33.6 Å². The van der Waals surface area contributed by atoms with Crippen LogP contribution in [0.1, 0.15) is 64.5 Å². The topological polar surface area (TPSA) is 62.5 Å². The Labute approximate surface area is 215 Å². The molecule has 2 fully saturated rings. The fourth-order valence-electron chi connectivity index (χ4n) is 8.11. The lowest BCUT2D eigenvalue weighted by Gasteiger charge is -2.58. The SMILES string of the molecule is C[C@]12CC[C@H](NC(=O)N3C=CN=CC3)CC1=CCC1C2CC[C@]2(C)C(n3cnc(C(F)(F)F)c3)=CCC12. The highest BCUT2D eigenvalue weighted by atomic mass is 19.4. The van der Waals surface area contributed by atoms with Gasteiger partial charge in [0.1, 0.15) is 0 Å². The van der Waals surface area contributed by atoms with Gasteiger partial charge >= 0.3 is 12.2 Å². The van der Waals surface area contributed by atoms with Crippen LogP contribution in [0, 0.1) is 28.6 Å². The average Bonchev–Trinajstić information content (AvgIpc) is 3.49. The number of carbonyl (C=O) groups excluding carboxylic acids is 1. The van der Waals surface area contributed by atoms with E-state index in [-0.39, 0.29) is 22.9 Å². The van der Waals surface area contributed by atoms with Crippen molar-refractivity contribution < 1.29 is 18.0 Å². The molecule has 2 saturated carbocycles. The van der Waals surface area contributed by atoms with E-state index in [0.29, 0.717) is 24.3 Å². The first kappa shape index (κ1) is 24.5. The number of aromatic nitrogens is 2. The average molecular weight is 514 g/mol. The van der Waals surface area contributed by atoms with E-state index < -0.39 is 11.9 Å². The third-order valence-corrected chi connectivity index (χ3v) is 10.1. The lowest BCUT2D eigenvalue weighted by molar-refractivity contribution is -0.140. The highest BCUT2D eigenvalue weighted by Gasteiger charge is 2.57. The summed E-state index contributed by atoms with van der Waals surface area (Å²) in [5.74, 6) is 1.48. The first-order chi connectivity index (χ1) is 17.6. The van der Waals surface area contributed by atoms with Crippen LogP contribution in [0.2, 0.25) is 0 Å². The van der Waals surface area contributed by atoms with Crippen LogP contribution in [0.15, 0.2) is 47.6 Å². The van der Waals surface area contributed by atoms with E-state index in [0.717, 1.165) is 56.8 Å². The summed E-state index contributed by atoms with van der Waals surface area (Å²) in [5, 5.41) is 3.23. The van der Waals surface area contributed by atoms with Crippen LogP contribution in [0.3, 0.4) is 0 Å². The van der Waals surface area contributed by atoms with Crippen molar-refractivity contribution in [2.75, 3.05) is 6.54 Å². The van der Waals surface area contributed by atoms with Gasteiger partial charge in [-0.3, -0.25) is 9.89 Å². The second-order valence-corrected chi connectivity index (χ2v) is 11.9. The van der Waals surface area contributed by atoms with Crippen molar-refractivity contribution >= 4 is 17.9 Å². The number of hydrogen-bond donors (Lipinski definition) is 1. The molecule has 0 radical (unpaired) electrons. The van der Waals surface area contributed by atoms with Crippen molar-refractivity contribution in [1.29, 1.82) is 0 Å². The van der Waals surface area contributed by atoms with Crippen LogP contribution in [-0.4, -0.2) is 39.3 Å². The Morgan fingerprint density at radius 1 is 1.11 bits per heavy atom. The van der Waals surface area contributed by atoms with E-state index in [9.17, 15) is 18.0 Å². The van der Waals surface area contributed by atoms with Gasteiger partial charge < -0.3 is 9.88 Å². The van der Waals surface area contributed by atoms with E-state index in [1.165, 1.54) is 11.9 Å². The number of urea groups is 1. The highest BCUT2D eigenvalue weighted by molar-refractivity contribution is 5.80. The quantitative estimate of drug-likeness (QED) is 0.475. The van der Waals surface area contributed by atoms with Crippen molar-refractivity contribution in [3.05, 3.63) is 48.3 Å². The van der Waals surface area contributed by atoms with E-state index in [4.69, 9.17) is 0 Å². The van der Waals surface area contributed by atoms with E-state index in [2.05, 4.69) is 41.3 Å². The molecule has 6 rings (SSSR count). The van der Waals surface area contributed by atoms with Crippen molar-refractivity contribution in [1.82, 2.24) is 19.8 Å². The van der Waals surface area contributed by atoms with Gasteiger partial charge in [0.05, 0.1) is 12.9 Å². The number of imidazole rings is 1. The molecular weight excluding hydrogens is 479 g/mol. The number of allylic oxidation sites excluding steroid dienone is 3. The Kier molecular flexibility index (Phi) is 5.69. The number of amides is 2. The zero-order chi connectivity index (χ0) is 26.0. The zero-order valence-corrected chi connectivity index (χ0v) is 21.3. The van der Waals surface area contributed by atoms with Crippen molar-refractivity contribution in [3.63, 3.8) is 0 Å². The second kappa shape index (κ2) is 8.60. The molecule has 4 aliphatic carbocycles. The first-order valence-corrected chi connectivity index (χ1v) is 13.4. The predicted molar refractivity (Wildman–Crippen MR) is 135 cm³/mol. The zero-order valence-electron chi connectivity index (χ0n) is 21.3. The number of rotatable bonds is 2. The van der Waals surface area contributed by atoms with Gasteiger partial charge in [-0.2, -0.15) is 13.2 Å². The summed E-state index contributed by atoms with van der Waals surface area (Å²) in [5.41, 5.74) is 1.58.